The van der Waals surface area contributed by atoms with Crippen LogP contribution in [-0.4, -0.2) is 150 Å². The van der Waals surface area contributed by atoms with E-state index in [4.69, 9.17) is 52.5 Å². The Morgan fingerprint density at radius 1 is 0.533 bits per heavy atom. The minimum absolute atomic E-state index is 0.0197. The minimum Gasteiger partial charge on any atom is -0.453 e. The average Bonchev–Trinajstić information content (AvgIpc) is 1.65. The van der Waals surface area contributed by atoms with Crippen molar-refractivity contribution < 1.29 is 102 Å². The second-order valence-electron chi connectivity index (χ2n) is 20.9. The van der Waals surface area contributed by atoms with E-state index in [0.717, 1.165) is 11.1 Å². The number of allylic oxidation sites excluding steroid dienone is 4. The minimum atomic E-state index is -1.53. The van der Waals surface area contributed by atoms with Crippen LogP contribution in [0.2, 0.25) is 0 Å². The summed E-state index contributed by atoms with van der Waals surface area (Å²) >= 11 is 0. The van der Waals surface area contributed by atoms with E-state index in [1.165, 1.54) is 25.3 Å². The van der Waals surface area contributed by atoms with Crippen LogP contribution in [-0.2, 0) is 79.4 Å². The van der Waals surface area contributed by atoms with Gasteiger partial charge < -0.3 is 72.9 Å². The number of rotatable bonds is 17. The Balaban J connectivity index is 0.000000288. The molecule has 4 aromatic carbocycles. The van der Waals surface area contributed by atoms with Gasteiger partial charge in [-0.3, -0.25) is 14.4 Å². The predicted octanol–water partition coefficient (Wildman–Crippen LogP) is 5.92. The van der Waals surface area contributed by atoms with Gasteiger partial charge in [0.1, 0.15) is 35.9 Å². The van der Waals surface area contributed by atoms with Crippen LogP contribution in [0.1, 0.15) is 72.4 Å². The van der Waals surface area contributed by atoms with E-state index in [-0.39, 0.29) is 63.8 Å². The summed E-state index contributed by atoms with van der Waals surface area (Å²) in [5.74, 6) is 59.9. The molecule has 0 aromatic heterocycles. The highest BCUT2D eigenvalue weighted by molar-refractivity contribution is 5.90. The highest BCUT2D eigenvalue weighted by atomic mass is 16.7. The Morgan fingerprint density at radius 3 is 1.46 bits per heavy atom. The first kappa shape index (κ1) is 85.8. The van der Waals surface area contributed by atoms with E-state index < -0.39 is 73.2 Å². The summed E-state index contributed by atoms with van der Waals surface area (Å²) in [6.07, 6.45) is 5.45. The second-order valence-corrected chi connectivity index (χ2v) is 20.9. The van der Waals surface area contributed by atoms with Crippen molar-refractivity contribution in [3.8, 4) is 142 Å². The molecule has 4 aliphatic heterocycles. The molecule has 1 saturated heterocycles. The number of carbonyl (C=O) groups is 6. The zero-order valence-electron chi connectivity index (χ0n) is 58.5. The quantitative estimate of drug-likeness (QED) is 0.0466. The van der Waals surface area contributed by atoms with Gasteiger partial charge in [0.15, 0.2) is 32.7 Å². The fourth-order valence-corrected chi connectivity index (χ4v) is 8.09. The number of ether oxygens (including phenoxy) is 10. The summed E-state index contributed by atoms with van der Waals surface area (Å²) in [5.41, 5.74) is 2.72. The molecule has 1 fully saturated rings. The van der Waals surface area contributed by atoms with Crippen LogP contribution in [0.4, 0.5) is 0 Å². The van der Waals surface area contributed by atoms with Gasteiger partial charge in [0, 0.05) is 37.6 Å². The van der Waals surface area contributed by atoms with Gasteiger partial charge in [-0.25, -0.2) is 14.4 Å². The van der Waals surface area contributed by atoms with Gasteiger partial charge in [0.2, 0.25) is 6.10 Å². The van der Waals surface area contributed by atoms with Crippen LogP contribution >= 0.6 is 0 Å². The molecule has 4 aliphatic rings. The number of benzene rings is 4. The molecule has 0 saturated carbocycles. The lowest BCUT2D eigenvalue weighted by molar-refractivity contribution is -0.313. The van der Waals surface area contributed by atoms with Gasteiger partial charge in [-0.05, 0) is 187 Å². The van der Waals surface area contributed by atoms with Crippen LogP contribution in [0.5, 0.6) is 0 Å². The van der Waals surface area contributed by atoms with Crippen LogP contribution < -0.4 is 0 Å². The van der Waals surface area contributed by atoms with Crippen LogP contribution in [0.25, 0.3) is 0 Å². The van der Waals surface area contributed by atoms with Crippen molar-refractivity contribution in [2.24, 2.45) is 0 Å². The maximum Gasteiger partial charge on any atom is 0.339 e. The van der Waals surface area contributed by atoms with E-state index >= 15 is 0 Å². The molecular weight excluding hydrogens is 1370 g/mol. The topological polar surface area (TPSA) is 296 Å². The molecule has 5 N–H and O–H groups in total. The number of esters is 6. The summed E-state index contributed by atoms with van der Waals surface area (Å²) in [7, 11) is 0. The smallest absolute Gasteiger partial charge is 0.339 e. The molecule has 1 spiro atoms. The summed E-state index contributed by atoms with van der Waals surface area (Å²) in [4.78, 5) is 67.9. The molecule has 21 nitrogen and oxygen atoms in total. The van der Waals surface area contributed by atoms with E-state index in [2.05, 4.69) is 142 Å². The number of aliphatic hydroxyl groups is 5. The van der Waals surface area contributed by atoms with Gasteiger partial charge in [-0.1, -0.05) is 133 Å². The molecule has 8 atom stereocenters. The van der Waals surface area contributed by atoms with Crippen LogP contribution in [0.3, 0.4) is 0 Å². The molecule has 0 amide bonds. The number of carbonyl (C=O) groups excluding carboxylic acids is 6. The van der Waals surface area contributed by atoms with E-state index in [0.29, 0.717) is 35.5 Å². The third-order valence-electron chi connectivity index (χ3n) is 13.0. The van der Waals surface area contributed by atoms with Crippen molar-refractivity contribution in [2.75, 3.05) is 39.6 Å². The first-order valence-corrected chi connectivity index (χ1v) is 32.3. The zero-order valence-corrected chi connectivity index (χ0v) is 58.5. The van der Waals surface area contributed by atoms with E-state index in [1.807, 2.05) is 72.8 Å². The van der Waals surface area contributed by atoms with E-state index in [1.54, 1.807) is 99.7 Å². The Labute approximate surface area is 622 Å². The van der Waals surface area contributed by atoms with Gasteiger partial charge >= 0.3 is 41.6 Å². The summed E-state index contributed by atoms with van der Waals surface area (Å²) in [5, 5.41) is 47.8. The molecule has 4 heterocycles. The maximum atomic E-state index is 11.6. The lowest BCUT2D eigenvalue weighted by Crippen LogP contribution is -2.59. The second kappa shape index (κ2) is 52.4. The summed E-state index contributed by atoms with van der Waals surface area (Å²) in [6.45, 7) is 5.38. The molecule has 0 bridgehead atoms. The molecule has 0 aliphatic carbocycles. The predicted molar refractivity (Wildman–Crippen MR) is 391 cm³/mol. The molecule has 21 heteroatoms. The van der Waals surface area contributed by atoms with Gasteiger partial charge in [0.05, 0.1) is 49.5 Å². The Kier molecular flexibility index (Phi) is 42.0. The van der Waals surface area contributed by atoms with Crippen molar-refractivity contribution in [2.45, 2.75) is 102 Å². The van der Waals surface area contributed by atoms with Crippen molar-refractivity contribution >= 4 is 35.8 Å². The highest BCUT2D eigenvalue weighted by Gasteiger charge is 2.48. The monoisotopic (exact) mass is 1440 g/mol. The molecule has 8 rings (SSSR count). The largest absolute Gasteiger partial charge is 0.453 e. The zero-order chi connectivity index (χ0) is 77.4. The van der Waals surface area contributed by atoms with Crippen LogP contribution in [0.15, 0.2) is 182 Å². The first-order chi connectivity index (χ1) is 52.0. The van der Waals surface area contributed by atoms with Crippen LogP contribution in [0, 0.1) is 142 Å². The molecule has 0 radical (unpaired) electrons. The van der Waals surface area contributed by atoms with E-state index in [9.17, 15) is 49.2 Å². The Morgan fingerprint density at radius 2 is 0.991 bits per heavy atom. The number of aliphatic hydroxyl groups excluding tert-OH is 5. The van der Waals surface area contributed by atoms with Gasteiger partial charge in [-0.15, -0.1) is 0 Å². The molecule has 4 aromatic rings. The SMILES string of the molecule is CC#CC#C/C=C1/C=CC(=O)O1.CC#CC#C/C=C1\C=CC2(OC=CC2OC(C)=O)O1.CC#CC#CC#CC#CCCC(CO)OC1OC(CO)C(O)C(O)C1O.O=C(Cc1ccccc1)OCC#CC#CCOC(=O)Cc1ccccc1.O=C(OCC#CC#CCOC(=O)c1ccccc1)c1ccccc1. The average molecular weight is 1440 g/mol. The molecular formula is C86H72O21. The summed E-state index contributed by atoms with van der Waals surface area (Å²) in [6, 6.07) is 36.0. The maximum absolute atomic E-state index is 11.6. The van der Waals surface area contributed by atoms with Crippen molar-refractivity contribution in [1.29, 1.82) is 0 Å². The lowest BCUT2D eigenvalue weighted by atomic mass is 9.99. The molecule has 107 heavy (non-hydrogen) atoms. The fraction of sp³-hybridized carbons (Fsp3) is 0.256. The standard InChI is InChI=1S/C22H18O4.C20H14O4.C19H22O7.C15H12O4.C10H6O2/c23-21(17-19-11-5-3-6-12-19)25-15-9-1-2-10-16-26-22(24)18-20-13-7-4-8-14-20;21-19(17-11-5-3-6-12-17)23-15-9-1-2-10-16-24-20(22)18-13-7-4-8-14-18;1-2-3-4-5-6-7-8-9-10-11-14(12-20)25-19-18(24)17(23)16(22)15(13-21)26-19;1-3-4-5-6-7-13-8-10-15(19-13)14(9-11-17-15)18-12(2)16;1-2-3-4-5-6-9-7-8-10(11)12-9/h3-8,11-14H,15-18H2;3-8,11-14H,15-16H2;14-24H,10-13H2,1H3;7-11,14H,1-2H3;6-8H,1H3/b;;;13-7+;9-6-. The fourth-order valence-electron chi connectivity index (χ4n) is 8.09. The van der Waals surface area contributed by atoms with Crippen molar-refractivity contribution in [3.63, 3.8) is 0 Å². The van der Waals surface area contributed by atoms with Gasteiger partial charge in [-0.2, -0.15) is 0 Å². The summed E-state index contributed by atoms with van der Waals surface area (Å²) < 4.78 is 51.4. The number of hydrogen-bond acceptors (Lipinski definition) is 21. The third-order valence-corrected chi connectivity index (χ3v) is 13.0. The molecule has 542 valence electrons. The number of cyclic esters (lactones) is 1. The van der Waals surface area contributed by atoms with Crippen molar-refractivity contribution in [3.05, 3.63) is 204 Å². The first-order valence-electron chi connectivity index (χ1n) is 32.3. The van der Waals surface area contributed by atoms with Crippen molar-refractivity contribution in [1.82, 2.24) is 0 Å². The normalized spacial score (nSPS) is 17.8. The molecule has 8 unspecified atom stereocenters. The third kappa shape index (κ3) is 36.2. The highest BCUT2D eigenvalue weighted by Crippen LogP contribution is 2.36. The Hall–Kier alpha value is -13.6. The lowest BCUT2D eigenvalue weighted by Gasteiger charge is -2.40. The van der Waals surface area contributed by atoms with Gasteiger partial charge in [0.25, 0.3) is 0 Å². The Bertz CT molecular complexity index is 4480. The number of hydrogen-bond donors (Lipinski definition) is 5.